The van der Waals surface area contributed by atoms with Crippen molar-refractivity contribution in [2.75, 3.05) is 0 Å². The molecule has 0 aliphatic carbocycles. The average molecular weight is 294 g/mol. The number of allylic oxidation sites excluding steroid dienone is 2. The largest absolute Gasteiger partial charge is 1.00 e. The molecule has 1 amide bonds. The summed E-state index contributed by atoms with van der Waals surface area (Å²) in [4.78, 5) is 12.0. The fraction of sp³-hybridized carbons (Fsp3) is 0.462. The molecule has 0 aromatic heterocycles. The van der Waals surface area contributed by atoms with E-state index in [4.69, 9.17) is 15.8 Å². The summed E-state index contributed by atoms with van der Waals surface area (Å²) in [5.74, 6) is -0.107. The van der Waals surface area contributed by atoms with E-state index in [0.29, 0.717) is 12.3 Å². The number of nitrogens with one attached hydrogen (secondary N) is 1. The van der Waals surface area contributed by atoms with Gasteiger partial charge in [0.05, 0.1) is 0 Å². The van der Waals surface area contributed by atoms with E-state index in [1.165, 1.54) is 0 Å². The molecule has 1 N–H and O–H groups in total. The maximum atomic E-state index is 12.0. The summed E-state index contributed by atoms with van der Waals surface area (Å²) >= 11 is 0. The Bertz CT molecular complexity index is 529. The molecular weight excluding hydrogens is 279 g/mol. The van der Waals surface area contributed by atoms with E-state index in [1.807, 2.05) is 6.07 Å². The number of piperidine rings is 1. The van der Waals surface area contributed by atoms with Gasteiger partial charge >= 0.3 is 29.6 Å². The van der Waals surface area contributed by atoms with Crippen molar-refractivity contribution in [1.82, 2.24) is 5.32 Å². The first-order valence-electron chi connectivity index (χ1n) is 5.94. The molecule has 0 radical (unpaired) electrons. The Morgan fingerprint density at radius 1 is 1.35 bits per heavy atom. The molecule has 0 saturated carbocycles. The van der Waals surface area contributed by atoms with Crippen LogP contribution in [-0.4, -0.2) is 14.0 Å². The molecule has 0 aromatic carbocycles. The number of nitrogens with zero attached hydrogens (tertiary/aromatic N) is 3. The third-order valence-electron chi connectivity index (χ3n) is 2.84. The van der Waals surface area contributed by atoms with Crippen molar-refractivity contribution in [3.05, 3.63) is 17.2 Å². The second-order valence-electron chi connectivity index (χ2n) is 5.72. The summed E-state index contributed by atoms with van der Waals surface area (Å²) in [6, 6.07) is 6.20. The molecule has 1 aliphatic rings. The van der Waals surface area contributed by atoms with Crippen LogP contribution in [-0.2, 0) is 4.79 Å². The minimum atomic E-state index is -1.42. The van der Waals surface area contributed by atoms with Gasteiger partial charge in [-0.25, -0.2) is 15.8 Å². The maximum absolute atomic E-state index is 12.0. The number of carbonyl (C=O) groups excluding carboxylic acids is 1. The molecule has 98 valence electrons. The Morgan fingerprint density at radius 2 is 1.90 bits per heavy atom. The average Bonchev–Trinajstić information content (AvgIpc) is 2.32. The van der Waals surface area contributed by atoms with E-state index in [2.05, 4.69) is 25.0 Å². The summed E-state index contributed by atoms with van der Waals surface area (Å²) in [7, 11) is -1.42. The van der Waals surface area contributed by atoms with E-state index in [0.717, 1.165) is 6.04 Å². The van der Waals surface area contributed by atoms with E-state index < -0.39 is 8.07 Å². The zero-order valence-electron chi connectivity index (χ0n) is 12.2. The van der Waals surface area contributed by atoms with Crippen LogP contribution >= 0.6 is 0 Å². The monoisotopic (exact) mass is 294 g/mol. The Kier molecular flexibility index (Phi) is 7.06. The molecule has 1 aliphatic heterocycles. The number of hydrogen-bond acceptors (Lipinski definition) is 4. The maximum Gasteiger partial charge on any atom is 1.00 e. The van der Waals surface area contributed by atoms with Gasteiger partial charge in [0.15, 0.2) is 0 Å². The van der Waals surface area contributed by atoms with Gasteiger partial charge in [0, 0.05) is 31.7 Å². The summed E-state index contributed by atoms with van der Waals surface area (Å²) in [6.45, 7) is 6.48. The molecule has 1 atom stereocenters. The smallest absolute Gasteiger partial charge is 0.357 e. The Morgan fingerprint density at radius 3 is 2.30 bits per heavy atom. The Hall–Kier alpha value is -1.23. The summed E-state index contributed by atoms with van der Waals surface area (Å²) in [5.41, 5.74) is -0.124. The van der Waals surface area contributed by atoms with E-state index in [1.54, 1.807) is 12.1 Å². The first kappa shape index (κ1) is 18.8. The van der Waals surface area contributed by atoms with Crippen molar-refractivity contribution in [3.8, 4) is 18.2 Å². The van der Waals surface area contributed by atoms with Crippen molar-refractivity contribution in [1.29, 1.82) is 15.8 Å². The summed E-state index contributed by atoms with van der Waals surface area (Å²) in [6.07, 6.45) is 0.314. The number of carbonyl (C=O) groups is 1. The minimum Gasteiger partial charge on any atom is -0.357 e. The zero-order valence-corrected chi connectivity index (χ0v) is 15.2. The second kappa shape index (κ2) is 7.52. The molecule has 0 spiro atoms. The first-order chi connectivity index (χ1) is 8.82. The van der Waals surface area contributed by atoms with Gasteiger partial charge in [-0.3, -0.25) is 4.79 Å². The van der Waals surface area contributed by atoms with Gasteiger partial charge in [-0.15, -0.1) is 0 Å². The standard InChI is InChI=1S/C13H15N4OSi.Na/c1-19(2,3)8-10-4-9(5-14)12(17-13(10)18)11(6-15)7-16;/h10H,4,8H2,1-3H3,(H,17,18);/q-1;+1. The number of nitriles is 3. The van der Waals surface area contributed by atoms with Gasteiger partial charge in [-0.05, 0) is 12.1 Å². The summed E-state index contributed by atoms with van der Waals surface area (Å²) < 4.78 is 0. The molecule has 1 fully saturated rings. The molecule has 20 heavy (non-hydrogen) atoms. The normalized spacial score (nSPS) is 18.0. The zero-order chi connectivity index (χ0) is 14.6. The Labute approximate surface area is 142 Å². The molecule has 0 bridgehead atoms. The van der Waals surface area contributed by atoms with Crippen molar-refractivity contribution >= 4 is 14.0 Å². The van der Waals surface area contributed by atoms with Crippen molar-refractivity contribution < 1.29 is 34.4 Å². The number of amides is 1. The van der Waals surface area contributed by atoms with E-state index >= 15 is 0 Å². The SMILES string of the molecule is C[Si](C)(C)CC1C[C-](C#N)C(=C(C#N)C#N)NC1=O.[Na+]. The topological polar surface area (TPSA) is 100 Å². The molecule has 5 nitrogen and oxygen atoms in total. The van der Waals surface area contributed by atoms with Crippen LogP contribution in [0.15, 0.2) is 11.3 Å². The Balaban J connectivity index is 0.00000361. The van der Waals surface area contributed by atoms with Gasteiger partial charge in [0.2, 0.25) is 5.91 Å². The fourth-order valence-electron chi connectivity index (χ4n) is 2.10. The fourth-order valence-corrected chi connectivity index (χ4v) is 3.91. The third kappa shape index (κ3) is 4.70. The second-order valence-corrected chi connectivity index (χ2v) is 11.2. The predicted octanol–water partition coefficient (Wildman–Crippen LogP) is -1.14. The number of hydrogen-bond donors (Lipinski definition) is 1. The predicted molar refractivity (Wildman–Crippen MR) is 71.5 cm³/mol. The summed E-state index contributed by atoms with van der Waals surface area (Å²) in [5, 5.41) is 29.3. The van der Waals surface area contributed by atoms with Gasteiger partial charge in [-0.2, -0.15) is 0 Å². The van der Waals surface area contributed by atoms with Crippen molar-refractivity contribution in [2.24, 2.45) is 5.92 Å². The molecule has 1 rings (SSSR count). The van der Waals surface area contributed by atoms with Gasteiger partial charge in [-0.1, -0.05) is 37.7 Å². The quantitative estimate of drug-likeness (QED) is 0.395. The molecular formula is C13H15N4NaOSi. The van der Waals surface area contributed by atoms with Crippen LogP contribution in [0.3, 0.4) is 0 Å². The van der Waals surface area contributed by atoms with Crippen LogP contribution in [0.4, 0.5) is 0 Å². The van der Waals surface area contributed by atoms with Gasteiger partial charge in [0.1, 0.15) is 0 Å². The van der Waals surface area contributed by atoms with E-state index in [-0.39, 0.29) is 52.7 Å². The number of rotatable bonds is 2. The minimum absolute atomic E-state index is 0. The van der Waals surface area contributed by atoms with Crippen LogP contribution in [0.5, 0.6) is 0 Å². The molecule has 7 heteroatoms. The van der Waals surface area contributed by atoms with Crippen LogP contribution in [0.2, 0.25) is 25.7 Å². The molecule has 1 unspecified atom stereocenters. The van der Waals surface area contributed by atoms with Gasteiger partial charge < -0.3 is 5.32 Å². The molecule has 1 saturated heterocycles. The van der Waals surface area contributed by atoms with E-state index in [9.17, 15) is 4.79 Å². The van der Waals surface area contributed by atoms with Crippen LogP contribution in [0.25, 0.3) is 0 Å². The van der Waals surface area contributed by atoms with Crippen molar-refractivity contribution in [2.45, 2.75) is 32.1 Å². The van der Waals surface area contributed by atoms with Crippen molar-refractivity contribution in [3.63, 3.8) is 0 Å². The first-order valence-corrected chi connectivity index (χ1v) is 9.64. The van der Waals surface area contributed by atoms with Crippen LogP contribution in [0, 0.1) is 45.8 Å². The molecule has 0 aromatic rings. The van der Waals surface area contributed by atoms with Gasteiger partial charge in [0.25, 0.3) is 0 Å². The van der Waals surface area contributed by atoms with Crippen LogP contribution < -0.4 is 34.9 Å². The third-order valence-corrected chi connectivity index (χ3v) is 4.56. The van der Waals surface area contributed by atoms with Crippen LogP contribution in [0.1, 0.15) is 6.42 Å². The molecule has 1 heterocycles.